The van der Waals surface area contributed by atoms with Gasteiger partial charge in [-0.1, -0.05) is 86.0 Å². The number of carbonyl (C=O) groups excluding carboxylic acids is 1. The standard InChI is InChI=1S/C29H28ClN3O2/c1-2-3-7-18-35-24-16-12-22(13-17-24)28-25-26(21-10-14-23(30)15-11-21)31-32-27(25)29(34)33(28)19-20-8-5-4-6-9-20/h4-6,8-17,28H,2-3,7,18-19H2,1H3,(H,31,32). The second kappa shape index (κ2) is 10.4. The average Bonchev–Trinajstić information content (AvgIpc) is 3.43. The van der Waals surface area contributed by atoms with Crippen LogP contribution in [0.3, 0.4) is 0 Å². The lowest BCUT2D eigenvalue weighted by Crippen LogP contribution is -2.29. The number of rotatable bonds is 9. The third kappa shape index (κ3) is 4.82. The minimum Gasteiger partial charge on any atom is -0.494 e. The molecule has 1 atom stereocenters. The number of H-pyrrole nitrogens is 1. The number of ether oxygens (including phenoxy) is 1. The third-order valence-corrected chi connectivity index (χ3v) is 6.64. The SMILES string of the molecule is CCCCCOc1ccc(C2c3c(-c4ccc(Cl)cc4)n[nH]c3C(=O)N2Cc2ccccc2)cc1. The van der Waals surface area contributed by atoms with Crippen molar-refractivity contribution in [3.05, 3.63) is 106 Å². The van der Waals surface area contributed by atoms with E-state index in [-0.39, 0.29) is 11.9 Å². The van der Waals surface area contributed by atoms with Gasteiger partial charge in [-0.3, -0.25) is 9.89 Å². The van der Waals surface area contributed by atoms with Gasteiger partial charge in [0.15, 0.2) is 0 Å². The molecule has 1 unspecified atom stereocenters. The number of carbonyl (C=O) groups is 1. The van der Waals surface area contributed by atoms with E-state index in [2.05, 4.69) is 29.3 Å². The summed E-state index contributed by atoms with van der Waals surface area (Å²) in [6.07, 6.45) is 3.37. The molecule has 1 amide bonds. The number of aromatic nitrogens is 2. The van der Waals surface area contributed by atoms with Gasteiger partial charge in [0.2, 0.25) is 0 Å². The molecule has 178 valence electrons. The van der Waals surface area contributed by atoms with Crippen molar-refractivity contribution in [1.82, 2.24) is 15.1 Å². The van der Waals surface area contributed by atoms with Crippen LogP contribution in [0.25, 0.3) is 11.3 Å². The van der Waals surface area contributed by atoms with Gasteiger partial charge in [-0.15, -0.1) is 0 Å². The fourth-order valence-corrected chi connectivity index (χ4v) is 4.73. The second-order valence-electron chi connectivity index (χ2n) is 8.81. The lowest BCUT2D eigenvalue weighted by Gasteiger charge is -2.26. The molecule has 2 heterocycles. The number of fused-ring (bicyclic) bond motifs is 1. The molecule has 1 aromatic heterocycles. The molecule has 1 aliphatic heterocycles. The molecule has 0 spiro atoms. The summed E-state index contributed by atoms with van der Waals surface area (Å²) < 4.78 is 5.92. The Morgan fingerprint density at radius 3 is 2.43 bits per heavy atom. The molecule has 1 aliphatic rings. The van der Waals surface area contributed by atoms with Crippen molar-refractivity contribution in [3.63, 3.8) is 0 Å². The minimum atomic E-state index is -0.267. The number of hydrogen-bond acceptors (Lipinski definition) is 3. The molecule has 35 heavy (non-hydrogen) atoms. The first kappa shape index (κ1) is 23.2. The summed E-state index contributed by atoms with van der Waals surface area (Å²) in [7, 11) is 0. The summed E-state index contributed by atoms with van der Waals surface area (Å²) in [6.45, 7) is 3.39. The number of unbranched alkanes of at least 4 members (excludes halogenated alkanes) is 2. The molecule has 5 nitrogen and oxygen atoms in total. The molecule has 5 rings (SSSR count). The van der Waals surface area contributed by atoms with Crippen molar-refractivity contribution in [2.45, 2.75) is 38.8 Å². The predicted molar refractivity (Wildman–Crippen MR) is 139 cm³/mol. The maximum absolute atomic E-state index is 13.6. The Morgan fingerprint density at radius 2 is 1.71 bits per heavy atom. The van der Waals surface area contributed by atoms with Crippen LogP contribution in [-0.4, -0.2) is 27.6 Å². The summed E-state index contributed by atoms with van der Waals surface area (Å²) in [6, 6.07) is 25.5. The monoisotopic (exact) mass is 485 g/mol. The van der Waals surface area contributed by atoms with Crippen LogP contribution >= 0.6 is 11.6 Å². The van der Waals surface area contributed by atoms with E-state index in [1.165, 1.54) is 0 Å². The highest BCUT2D eigenvalue weighted by Crippen LogP contribution is 2.43. The number of halogens is 1. The van der Waals surface area contributed by atoms with Crippen LogP contribution in [0.5, 0.6) is 5.75 Å². The minimum absolute atomic E-state index is 0.0542. The normalized spacial score (nSPS) is 14.9. The topological polar surface area (TPSA) is 58.2 Å². The molecule has 0 fully saturated rings. The van der Waals surface area contributed by atoms with E-state index in [0.717, 1.165) is 53.0 Å². The zero-order chi connectivity index (χ0) is 24.2. The van der Waals surface area contributed by atoms with Crippen LogP contribution in [0.15, 0.2) is 78.9 Å². The van der Waals surface area contributed by atoms with Gasteiger partial charge in [-0.25, -0.2) is 0 Å². The van der Waals surface area contributed by atoms with Crippen molar-refractivity contribution in [3.8, 4) is 17.0 Å². The van der Waals surface area contributed by atoms with E-state index >= 15 is 0 Å². The Bertz CT molecular complexity index is 1280. The zero-order valence-corrected chi connectivity index (χ0v) is 20.5. The predicted octanol–water partition coefficient (Wildman–Crippen LogP) is 7.04. The van der Waals surface area contributed by atoms with Crippen LogP contribution in [0.2, 0.25) is 5.02 Å². The average molecular weight is 486 g/mol. The summed E-state index contributed by atoms with van der Waals surface area (Å²) in [4.78, 5) is 15.5. The molecule has 0 radical (unpaired) electrons. The molecule has 0 saturated carbocycles. The van der Waals surface area contributed by atoms with Crippen LogP contribution in [0.4, 0.5) is 0 Å². The number of aromatic amines is 1. The Morgan fingerprint density at radius 1 is 0.971 bits per heavy atom. The van der Waals surface area contributed by atoms with E-state index in [1.807, 2.05) is 71.6 Å². The van der Waals surface area contributed by atoms with Gasteiger partial charge in [0, 0.05) is 22.7 Å². The van der Waals surface area contributed by atoms with Gasteiger partial charge in [0.25, 0.3) is 5.91 Å². The quantitative estimate of drug-likeness (QED) is 0.258. The van der Waals surface area contributed by atoms with E-state index in [1.54, 1.807) is 0 Å². The van der Waals surface area contributed by atoms with Crippen molar-refractivity contribution >= 4 is 17.5 Å². The van der Waals surface area contributed by atoms with Crippen molar-refractivity contribution in [2.75, 3.05) is 6.61 Å². The highest BCUT2D eigenvalue weighted by molar-refractivity contribution is 6.30. The number of nitrogens with zero attached hydrogens (tertiary/aromatic N) is 2. The van der Waals surface area contributed by atoms with E-state index in [4.69, 9.17) is 16.3 Å². The summed E-state index contributed by atoms with van der Waals surface area (Å²) in [5.41, 5.74) is 5.21. The van der Waals surface area contributed by atoms with Crippen molar-refractivity contribution in [1.29, 1.82) is 0 Å². The fraction of sp³-hybridized carbons (Fsp3) is 0.241. The van der Waals surface area contributed by atoms with Crippen LogP contribution in [0, 0.1) is 0 Å². The van der Waals surface area contributed by atoms with Crippen molar-refractivity contribution in [2.24, 2.45) is 0 Å². The van der Waals surface area contributed by atoms with Gasteiger partial charge in [-0.05, 0) is 41.8 Å². The molecular weight excluding hydrogens is 458 g/mol. The Hall–Kier alpha value is -3.57. The molecule has 3 aromatic carbocycles. The van der Waals surface area contributed by atoms with Gasteiger partial charge >= 0.3 is 0 Å². The smallest absolute Gasteiger partial charge is 0.273 e. The molecule has 4 aromatic rings. The first-order valence-corrected chi connectivity index (χ1v) is 12.5. The Kier molecular flexibility index (Phi) is 6.87. The number of benzene rings is 3. The maximum atomic E-state index is 13.6. The van der Waals surface area contributed by atoms with Gasteiger partial charge in [-0.2, -0.15) is 5.10 Å². The highest BCUT2D eigenvalue weighted by atomic mass is 35.5. The van der Waals surface area contributed by atoms with E-state index in [9.17, 15) is 4.79 Å². The Balaban J connectivity index is 1.51. The first-order chi connectivity index (χ1) is 17.2. The van der Waals surface area contributed by atoms with Crippen molar-refractivity contribution < 1.29 is 9.53 Å². The van der Waals surface area contributed by atoms with Crippen LogP contribution in [-0.2, 0) is 6.54 Å². The molecule has 1 N–H and O–H groups in total. The first-order valence-electron chi connectivity index (χ1n) is 12.1. The van der Waals surface area contributed by atoms with Gasteiger partial charge in [0.1, 0.15) is 11.4 Å². The molecule has 0 aliphatic carbocycles. The van der Waals surface area contributed by atoms with Gasteiger partial charge in [0.05, 0.1) is 18.3 Å². The largest absolute Gasteiger partial charge is 0.494 e. The third-order valence-electron chi connectivity index (χ3n) is 6.39. The molecule has 0 saturated heterocycles. The molecular formula is C29H28ClN3O2. The van der Waals surface area contributed by atoms with E-state index < -0.39 is 0 Å². The van der Waals surface area contributed by atoms with Crippen LogP contribution in [0.1, 0.15) is 59.4 Å². The second-order valence-corrected chi connectivity index (χ2v) is 9.25. The lowest BCUT2D eigenvalue weighted by atomic mass is 9.96. The van der Waals surface area contributed by atoms with Gasteiger partial charge < -0.3 is 9.64 Å². The summed E-state index contributed by atoms with van der Waals surface area (Å²) in [5.74, 6) is 0.788. The number of nitrogens with one attached hydrogen (secondary N) is 1. The highest BCUT2D eigenvalue weighted by Gasteiger charge is 2.42. The number of hydrogen-bond donors (Lipinski definition) is 1. The lowest BCUT2D eigenvalue weighted by molar-refractivity contribution is 0.0730. The maximum Gasteiger partial charge on any atom is 0.273 e. The van der Waals surface area contributed by atoms with Crippen LogP contribution < -0.4 is 4.74 Å². The zero-order valence-electron chi connectivity index (χ0n) is 19.7. The van der Waals surface area contributed by atoms with E-state index in [0.29, 0.717) is 23.9 Å². The molecule has 6 heteroatoms. The summed E-state index contributed by atoms with van der Waals surface area (Å²) in [5, 5.41) is 8.22. The fourth-order valence-electron chi connectivity index (χ4n) is 4.60. The summed E-state index contributed by atoms with van der Waals surface area (Å²) >= 11 is 6.12. The Labute approximate surface area is 210 Å². The molecule has 0 bridgehead atoms. The number of amides is 1.